The first-order valence-corrected chi connectivity index (χ1v) is 12.6. The number of hydrogen-bond acceptors (Lipinski definition) is 6. The van der Waals surface area contributed by atoms with Crippen molar-refractivity contribution >= 4 is 31.2 Å². The van der Waals surface area contributed by atoms with Crippen molar-refractivity contribution in [2.24, 2.45) is 0 Å². The summed E-state index contributed by atoms with van der Waals surface area (Å²) in [6, 6.07) is 4.39. The number of nitrogens with zero attached hydrogens (tertiary/aromatic N) is 2. The number of aromatic nitrogens is 2. The lowest BCUT2D eigenvalue weighted by atomic mass is 10.1. The summed E-state index contributed by atoms with van der Waals surface area (Å²) in [6.07, 6.45) is 3.84. The summed E-state index contributed by atoms with van der Waals surface area (Å²) in [5.74, 6) is -0.532. The Kier molecular flexibility index (Phi) is 5.56. The highest BCUT2D eigenvalue weighted by molar-refractivity contribution is 7.93. The van der Waals surface area contributed by atoms with Gasteiger partial charge in [0, 0.05) is 17.8 Å². The van der Waals surface area contributed by atoms with Crippen molar-refractivity contribution < 1.29 is 26.0 Å². The molecule has 3 aromatic rings. The molecule has 2 heterocycles. The standard InChI is InChI=1S/C20H24FN3O5S2/c1-12-7-13(8-14(19(12)21)23-30(6,25)26)15-10-22-18-9-16(29-5)17(11-24(15)18)31(27,28)20(2,3)4/h7-11,23H,1-6H3. The Bertz CT molecular complexity index is 1390. The van der Waals surface area contributed by atoms with E-state index in [0.717, 1.165) is 6.26 Å². The van der Waals surface area contributed by atoms with Gasteiger partial charge in [-0.2, -0.15) is 0 Å². The average molecular weight is 470 g/mol. The van der Waals surface area contributed by atoms with E-state index in [2.05, 4.69) is 9.71 Å². The maximum atomic E-state index is 14.5. The molecule has 8 nitrogen and oxygen atoms in total. The topological polar surface area (TPSA) is 107 Å². The lowest BCUT2D eigenvalue weighted by Gasteiger charge is -2.21. The lowest BCUT2D eigenvalue weighted by molar-refractivity contribution is 0.401. The van der Waals surface area contributed by atoms with E-state index in [9.17, 15) is 21.2 Å². The van der Waals surface area contributed by atoms with Crippen molar-refractivity contribution in [2.45, 2.75) is 37.3 Å². The van der Waals surface area contributed by atoms with Gasteiger partial charge in [-0.15, -0.1) is 0 Å². The molecule has 0 bridgehead atoms. The predicted molar refractivity (Wildman–Crippen MR) is 117 cm³/mol. The highest BCUT2D eigenvalue weighted by Crippen LogP contribution is 2.35. The van der Waals surface area contributed by atoms with Crippen molar-refractivity contribution in [3.05, 3.63) is 42.0 Å². The quantitative estimate of drug-likeness (QED) is 0.614. The molecule has 168 valence electrons. The molecule has 0 aliphatic rings. The van der Waals surface area contributed by atoms with Crippen LogP contribution >= 0.6 is 0 Å². The molecule has 2 aromatic heterocycles. The summed E-state index contributed by atoms with van der Waals surface area (Å²) in [6.45, 7) is 6.28. The summed E-state index contributed by atoms with van der Waals surface area (Å²) in [5.41, 5.74) is 1.35. The lowest BCUT2D eigenvalue weighted by Crippen LogP contribution is -2.28. The zero-order chi connectivity index (χ0) is 23.4. The van der Waals surface area contributed by atoms with Crippen LogP contribution in [0.2, 0.25) is 0 Å². The van der Waals surface area contributed by atoms with E-state index in [1.807, 2.05) is 0 Å². The maximum absolute atomic E-state index is 14.5. The number of aryl methyl sites for hydroxylation is 1. The second kappa shape index (κ2) is 7.49. The third-order valence-electron chi connectivity index (χ3n) is 4.74. The van der Waals surface area contributed by atoms with Crippen LogP contribution in [-0.4, -0.2) is 44.3 Å². The molecule has 0 saturated heterocycles. The number of sulfone groups is 1. The number of ether oxygens (including phenoxy) is 1. The van der Waals surface area contributed by atoms with Crippen LogP contribution in [0.5, 0.6) is 5.75 Å². The second-order valence-electron chi connectivity index (χ2n) is 8.22. The Hall–Kier alpha value is -2.66. The first-order valence-electron chi connectivity index (χ1n) is 9.24. The Balaban J connectivity index is 2.30. The normalized spacial score (nSPS) is 12.9. The van der Waals surface area contributed by atoms with Crippen molar-refractivity contribution in [2.75, 3.05) is 18.1 Å². The van der Waals surface area contributed by atoms with Crippen LogP contribution < -0.4 is 9.46 Å². The third kappa shape index (κ3) is 4.24. The molecule has 0 spiro atoms. The van der Waals surface area contributed by atoms with Gasteiger partial charge in [0.05, 0.1) is 35.7 Å². The van der Waals surface area contributed by atoms with Crippen LogP contribution in [0.15, 0.2) is 35.5 Å². The largest absolute Gasteiger partial charge is 0.495 e. The smallest absolute Gasteiger partial charge is 0.229 e. The molecule has 11 heteroatoms. The van der Waals surface area contributed by atoms with E-state index in [0.29, 0.717) is 16.9 Å². The number of nitrogens with one attached hydrogen (secondary N) is 1. The highest BCUT2D eigenvalue weighted by atomic mass is 32.2. The zero-order valence-electron chi connectivity index (χ0n) is 18.0. The van der Waals surface area contributed by atoms with Gasteiger partial charge < -0.3 is 4.74 Å². The van der Waals surface area contributed by atoms with Gasteiger partial charge in [-0.25, -0.2) is 26.2 Å². The number of rotatable bonds is 5. The second-order valence-corrected chi connectivity index (χ2v) is 12.6. The fourth-order valence-electron chi connectivity index (χ4n) is 3.08. The SMILES string of the molecule is COc1cc2ncc(-c3cc(C)c(F)c(NS(C)(=O)=O)c3)n2cc1S(=O)(=O)C(C)(C)C. The molecule has 0 amide bonds. The van der Waals surface area contributed by atoms with Crippen LogP contribution in [0, 0.1) is 12.7 Å². The number of imidazole rings is 1. The van der Waals surface area contributed by atoms with Crippen LogP contribution in [-0.2, 0) is 19.9 Å². The average Bonchev–Trinajstić information content (AvgIpc) is 3.05. The fourth-order valence-corrected chi connectivity index (χ4v) is 4.94. The van der Waals surface area contributed by atoms with Gasteiger partial charge in [0.25, 0.3) is 0 Å². The molecule has 0 saturated carbocycles. The van der Waals surface area contributed by atoms with E-state index in [1.54, 1.807) is 25.2 Å². The first kappa shape index (κ1) is 23.0. The number of methoxy groups -OCH3 is 1. The minimum Gasteiger partial charge on any atom is -0.495 e. The van der Waals surface area contributed by atoms with Crippen molar-refractivity contribution in [3.63, 3.8) is 0 Å². The molecule has 1 aromatic carbocycles. The summed E-state index contributed by atoms with van der Waals surface area (Å²) in [5, 5.41) is 0. The monoisotopic (exact) mass is 469 g/mol. The van der Waals surface area contributed by atoms with Gasteiger partial charge in [0.1, 0.15) is 22.1 Å². The fraction of sp³-hybridized carbons (Fsp3) is 0.350. The number of anilines is 1. The number of pyridine rings is 1. The van der Waals surface area contributed by atoms with Gasteiger partial charge in [-0.05, 0) is 45.4 Å². The van der Waals surface area contributed by atoms with Crippen LogP contribution in [0.1, 0.15) is 26.3 Å². The molecule has 0 radical (unpaired) electrons. The number of fused-ring (bicyclic) bond motifs is 1. The van der Waals surface area contributed by atoms with Gasteiger partial charge in [-0.1, -0.05) is 0 Å². The first-order chi connectivity index (χ1) is 14.2. The Morgan fingerprint density at radius 1 is 1.13 bits per heavy atom. The Morgan fingerprint density at radius 2 is 1.77 bits per heavy atom. The van der Waals surface area contributed by atoms with E-state index in [1.165, 1.54) is 44.6 Å². The summed E-state index contributed by atoms with van der Waals surface area (Å²) in [7, 11) is -6.09. The minimum absolute atomic E-state index is 0.0115. The summed E-state index contributed by atoms with van der Waals surface area (Å²) in [4.78, 5) is 4.29. The molecule has 0 fully saturated rings. The molecule has 1 N–H and O–H groups in total. The molecular weight excluding hydrogens is 445 g/mol. The van der Waals surface area contributed by atoms with Crippen molar-refractivity contribution in [1.29, 1.82) is 0 Å². The van der Waals surface area contributed by atoms with E-state index >= 15 is 0 Å². The van der Waals surface area contributed by atoms with Crippen LogP contribution in [0.25, 0.3) is 16.9 Å². The van der Waals surface area contributed by atoms with Gasteiger partial charge >= 0.3 is 0 Å². The summed E-state index contributed by atoms with van der Waals surface area (Å²) < 4.78 is 71.9. The van der Waals surface area contributed by atoms with Gasteiger partial charge in [0.2, 0.25) is 10.0 Å². The van der Waals surface area contributed by atoms with E-state index in [-0.39, 0.29) is 21.9 Å². The molecule has 0 aliphatic carbocycles. The summed E-state index contributed by atoms with van der Waals surface area (Å²) >= 11 is 0. The van der Waals surface area contributed by atoms with Crippen molar-refractivity contribution in [3.8, 4) is 17.0 Å². The molecule has 0 unspecified atom stereocenters. The highest BCUT2D eigenvalue weighted by Gasteiger charge is 2.34. The number of sulfonamides is 1. The third-order valence-corrected chi connectivity index (χ3v) is 7.82. The zero-order valence-corrected chi connectivity index (χ0v) is 19.6. The van der Waals surface area contributed by atoms with E-state index < -0.39 is 30.4 Å². The molecule has 31 heavy (non-hydrogen) atoms. The molecule has 3 rings (SSSR count). The van der Waals surface area contributed by atoms with E-state index in [4.69, 9.17) is 4.74 Å². The van der Waals surface area contributed by atoms with Crippen LogP contribution in [0.4, 0.5) is 10.1 Å². The number of halogens is 1. The minimum atomic E-state index is -3.76. The van der Waals surface area contributed by atoms with Gasteiger partial charge in [0.15, 0.2) is 9.84 Å². The Morgan fingerprint density at radius 3 is 2.32 bits per heavy atom. The van der Waals surface area contributed by atoms with Gasteiger partial charge in [-0.3, -0.25) is 9.12 Å². The number of benzene rings is 1. The molecule has 0 aliphatic heterocycles. The molecule has 0 atom stereocenters. The van der Waals surface area contributed by atoms with Crippen LogP contribution in [0.3, 0.4) is 0 Å². The maximum Gasteiger partial charge on any atom is 0.229 e. The predicted octanol–water partition coefficient (Wildman–Crippen LogP) is 3.40. The molecular formula is C20H24FN3O5S2. The van der Waals surface area contributed by atoms with Crippen molar-refractivity contribution in [1.82, 2.24) is 9.38 Å². The number of hydrogen-bond donors (Lipinski definition) is 1. The Labute approximate surface area is 181 Å².